The van der Waals surface area contributed by atoms with Gasteiger partial charge in [-0.1, -0.05) is 36.7 Å². The summed E-state index contributed by atoms with van der Waals surface area (Å²) in [6, 6.07) is 9.58. The molecule has 146 valence electrons. The van der Waals surface area contributed by atoms with Gasteiger partial charge in [0.25, 0.3) is 0 Å². The zero-order valence-electron chi connectivity index (χ0n) is 15.5. The number of carbonyl (C=O) groups excluding carboxylic acids is 1. The summed E-state index contributed by atoms with van der Waals surface area (Å²) in [4.78, 5) is 16.6. The van der Waals surface area contributed by atoms with Crippen LogP contribution in [0.5, 0.6) is 0 Å². The molecule has 1 amide bonds. The highest BCUT2D eigenvalue weighted by Gasteiger charge is 2.38. The molecule has 1 fully saturated rings. The molecule has 0 spiro atoms. The predicted octanol–water partition coefficient (Wildman–Crippen LogP) is 4.39. The van der Waals surface area contributed by atoms with Gasteiger partial charge >= 0.3 is 0 Å². The number of fused-ring (bicyclic) bond motifs is 1. The summed E-state index contributed by atoms with van der Waals surface area (Å²) in [6.07, 6.45) is 3.56. The number of hydrogen-bond acceptors (Lipinski definition) is 4. The van der Waals surface area contributed by atoms with Crippen LogP contribution in [0.3, 0.4) is 0 Å². The van der Waals surface area contributed by atoms with Crippen LogP contribution in [0, 0.1) is 11.8 Å². The van der Waals surface area contributed by atoms with Crippen LogP contribution < -0.4 is 10.6 Å². The van der Waals surface area contributed by atoms with Gasteiger partial charge in [-0.05, 0) is 40.8 Å². The monoisotopic (exact) mass is 461 g/mol. The summed E-state index contributed by atoms with van der Waals surface area (Å²) < 4.78 is 2.57. The van der Waals surface area contributed by atoms with E-state index in [4.69, 9.17) is 16.6 Å². The second-order valence-electron chi connectivity index (χ2n) is 7.13. The number of nitrogens with zero attached hydrogens (tertiary/aromatic N) is 3. The zero-order chi connectivity index (χ0) is 19.7. The van der Waals surface area contributed by atoms with Gasteiger partial charge in [0, 0.05) is 35.7 Å². The molecule has 0 radical (unpaired) electrons. The van der Waals surface area contributed by atoms with Crippen LogP contribution in [0.2, 0.25) is 5.02 Å². The molecule has 1 aliphatic rings. The van der Waals surface area contributed by atoms with Gasteiger partial charge in [-0.2, -0.15) is 9.61 Å². The Morgan fingerprint density at radius 2 is 2.14 bits per heavy atom. The van der Waals surface area contributed by atoms with Gasteiger partial charge in [0.2, 0.25) is 5.91 Å². The number of hydrogen-bond donors (Lipinski definition) is 2. The van der Waals surface area contributed by atoms with E-state index in [0.717, 1.165) is 40.0 Å². The maximum Gasteiger partial charge on any atom is 0.223 e. The van der Waals surface area contributed by atoms with Crippen molar-refractivity contribution in [2.45, 2.75) is 19.8 Å². The zero-order valence-corrected chi connectivity index (χ0v) is 17.8. The number of carbonyl (C=O) groups is 1. The topological polar surface area (TPSA) is 71.3 Å². The standard InChI is InChI=1S/C20H21BrClN5O/c1-12-9-14(12)20(28)24-8-4-7-23-18-10-17(13-5-2-3-6-16(13)22)26-19-15(21)11-25-27(18)19/h2-3,5-6,10-12,14,23H,4,7-9H2,1H3,(H,24,28)/t12-,14-/m1/s1. The van der Waals surface area contributed by atoms with E-state index in [9.17, 15) is 4.79 Å². The molecule has 3 aromatic rings. The maximum absolute atomic E-state index is 11.9. The lowest BCUT2D eigenvalue weighted by Gasteiger charge is -2.12. The second-order valence-corrected chi connectivity index (χ2v) is 8.39. The molecular formula is C20H21BrClN5O. The van der Waals surface area contributed by atoms with Gasteiger partial charge in [-0.15, -0.1) is 0 Å². The molecule has 2 atom stereocenters. The molecule has 0 saturated heterocycles. The minimum atomic E-state index is 0.177. The summed E-state index contributed by atoms with van der Waals surface area (Å²) >= 11 is 9.86. The molecule has 2 aromatic heterocycles. The molecule has 1 aliphatic carbocycles. The second kappa shape index (κ2) is 8.09. The fourth-order valence-corrected chi connectivity index (χ4v) is 3.78. The first-order valence-electron chi connectivity index (χ1n) is 9.35. The Morgan fingerprint density at radius 3 is 2.89 bits per heavy atom. The minimum absolute atomic E-state index is 0.177. The molecule has 4 rings (SSSR count). The van der Waals surface area contributed by atoms with Crippen molar-refractivity contribution in [3.63, 3.8) is 0 Å². The van der Waals surface area contributed by atoms with Gasteiger partial charge in [0.05, 0.1) is 16.4 Å². The van der Waals surface area contributed by atoms with Gasteiger partial charge in [0.15, 0.2) is 5.65 Å². The Hall–Kier alpha value is -2.12. The third kappa shape index (κ3) is 4.00. The van der Waals surface area contributed by atoms with Gasteiger partial charge in [-0.25, -0.2) is 4.98 Å². The molecule has 0 bridgehead atoms. The van der Waals surface area contributed by atoms with Gasteiger partial charge in [-0.3, -0.25) is 4.79 Å². The molecule has 0 aliphatic heterocycles. The largest absolute Gasteiger partial charge is 0.370 e. The Labute approximate surface area is 176 Å². The van der Waals surface area contributed by atoms with E-state index in [1.807, 2.05) is 30.3 Å². The quantitative estimate of drug-likeness (QED) is 0.511. The van der Waals surface area contributed by atoms with Crippen LogP contribution in [0.1, 0.15) is 19.8 Å². The van der Waals surface area contributed by atoms with Crippen molar-refractivity contribution >= 4 is 44.9 Å². The van der Waals surface area contributed by atoms with Crippen molar-refractivity contribution in [2.75, 3.05) is 18.4 Å². The molecule has 1 aromatic carbocycles. The average Bonchev–Trinajstić information content (AvgIpc) is 3.31. The fraction of sp³-hybridized carbons (Fsp3) is 0.350. The normalized spacial score (nSPS) is 18.2. The number of benzene rings is 1. The van der Waals surface area contributed by atoms with E-state index in [-0.39, 0.29) is 11.8 Å². The maximum atomic E-state index is 11.9. The lowest BCUT2D eigenvalue weighted by atomic mass is 10.1. The first-order valence-corrected chi connectivity index (χ1v) is 10.5. The lowest BCUT2D eigenvalue weighted by molar-refractivity contribution is -0.122. The van der Waals surface area contributed by atoms with Crippen LogP contribution in [-0.2, 0) is 4.79 Å². The SMILES string of the molecule is C[C@@H]1C[C@H]1C(=O)NCCCNc1cc(-c2ccccc2Cl)nc2c(Br)cnn12. The molecule has 1 saturated carbocycles. The van der Waals surface area contributed by atoms with Crippen LogP contribution in [0.4, 0.5) is 5.82 Å². The van der Waals surface area contributed by atoms with Crippen molar-refractivity contribution in [3.8, 4) is 11.3 Å². The van der Waals surface area contributed by atoms with Gasteiger partial charge in [0.1, 0.15) is 5.82 Å². The summed E-state index contributed by atoms with van der Waals surface area (Å²) in [5.74, 6) is 1.75. The van der Waals surface area contributed by atoms with Crippen molar-refractivity contribution < 1.29 is 4.79 Å². The third-order valence-corrected chi connectivity index (χ3v) is 5.87. The van der Waals surface area contributed by atoms with E-state index in [1.54, 1.807) is 10.7 Å². The smallest absolute Gasteiger partial charge is 0.223 e. The summed E-state index contributed by atoms with van der Waals surface area (Å²) in [5.41, 5.74) is 2.36. The first kappa shape index (κ1) is 19.2. The van der Waals surface area contributed by atoms with E-state index >= 15 is 0 Å². The Kier molecular flexibility index (Phi) is 5.55. The minimum Gasteiger partial charge on any atom is -0.370 e. The van der Waals surface area contributed by atoms with Crippen molar-refractivity contribution in [1.29, 1.82) is 0 Å². The molecule has 0 unspecified atom stereocenters. The lowest BCUT2D eigenvalue weighted by Crippen LogP contribution is -2.27. The van der Waals surface area contributed by atoms with Crippen LogP contribution in [0.25, 0.3) is 16.9 Å². The molecule has 2 N–H and O–H groups in total. The number of halogens is 2. The summed E-state index contributed by atoms with van der Waals surface area (Å²) in [6.45, 7) is 3.47. The molecule has 2 heterocycles. The number of anilines is 1. The van der Waals surface area contributed by atoms with Crippen LogP contribution in [-0.4, -0.2) is 33.6 Å². The molecule has 28 heavy (non-hydrogen) atoms. The highest BCUT2D eigenvalue weighted by molar-refractivity contribution is 9.10. The summed E-state index contributed by atoms with van der Waals surface area (Å²) in [7, 11) is 0. The number of rotatable bonds is 7. The van der Waals surface area contributed by atoms with E-state index in [2.05, 4.69) is 38.6 Å². The molecular weight excluding hydrogens is 442 g/mol. The fourth-order valence-electron chi connectivity index (χ4n) is 3.20. The molecule has 6 nitrogen and oxygen atoms in total. The number of amides is 1. The predicted molar refractivity (Wildman–Crippen MR) is 115 cm³/mol. The highest BCUT2D eigenvalue weighted by atomic mass is 79.9. The van der Waals surface area contributed by atoms with E-state index in [1.165, 1.54) is 0 Å². The Bertz CT molecular complexity index is 1020. The number of nitrogens with one attached hydrogen (secondary N) is 2. The van der Waals surface area contributed by atoms with Crippen molar-refractivity contribution in [2.24, 2.45) is 11.8 Å². The third-order valence-electron chi connectivity index (χ3n) is 4.98. The molecule has 8 heteroatoms. The first-order chi connectivity index (χ1) is 13.5. The van der Waals surface area contributed by atoms with Crippen LogP contribution >= 0.6 is 27.5 Å². The van der Waals surface area contributed by atoms with E-state index < -0.39 is 0 Å². The Balaban J connectivity index is 1.47. The van der Waals surface area contributed by atoms with E-state index in [0.29, 0.717) is 24.0 Å². The summed E-state index contributed by atoms with van der Waals surface area (Å²) in [5, 5.41) is 11.4. The number of aromatic nitrogens is 3. The highest BCUT2D eigenvalue weighted by Crippen LogP contribution is 2.37. The van der Waals surface area contributed by atoms with Gasteiger partial charge < -0.3 is 10.6 Å². The average molecular weight is 463 g/mol. The van der Waals surface area contributed by atoms with Crippen LogP contribution in [0.15, 0.2) is 41.0 Å². The Morgan fingerprint density at radius 1 is 1.36 bits per heavy atom. The van der Waals surface area contributed by atoms with Crippen molar-refractivity contribution in [3.05, 3.63) is 46.0 Å². The van der Waals surface area contributed by atoms with Crippen molar-refractivity contribution in [1.82, 2.24) is 19.9 Å².